The van der Waals surface area contributed by atoms with Crippen LogP contribution in [0.25, 0.3) is 22.2 Å². The zero-order valence-electron chi connectivity index (χ0n) is 20.5. The smallest absolute Gasteiger partial charge is 0.269 e. The average Bonchev–Trinajstić information content (AvgIpc) is 2.89. The van der Waals surface area contributed by atoms with E-state index in [9.17, 15) is 18.4 Å². The maximum atomic E-state index is 14.6. The molecule has 0 atom stereocenters. The summed E-state index contributed by atoms with van der Waals surface area (Å²) in [5, 5.41) is 2.44. The molecule has 0 radical (unpaired) electrons. The second kappa shape index (κ2) is 10.1. The Kier molecular flexibility index (Phi) is 6.66. The van der Waals surface area contributed by atoms with E-state index < -0.39 is 11.9 Å². The number of hydrogen-bond donors (Lipinski definition) is 2. The Hall–Kier alpha value is -4.18. The quantitative estimate of drug-likeness (QED) is 0.406. The Balaban J connectivity index is 1.37. The highest BCUT2D eigenvalue weighted by molar-refractivity contribution is 5.93. The standard InChI is InChI=1S/C27H26F2N6O2/c1-16-26(36)33-22-13-17(12-20(24(22)31-16)18-4-3-5-19(28)14-18)15-34-8-10-35(11-9-34)23-7-6-21(27(37)30-2)32-25(23)29/h3-7,12-14H,8-11,15H2,1-2H3,(H,30,37)(H,33,36). The van der Waals surface area contributed by atoms with Crippen LogP contribution in [0.5, 0.6) is 0 Å². The van der Waals surface area contributed by atoms with E-state index in [1.165, 1.54) is 25.2 Å². The first-order valence-electron chi connectivity index (χ1n) is 12.0. The number of pyridine rings is 1. The van der Waals surface area contributed by atoms with Crippen molar-refractivity contribution in [2.75, 3.05) is 38.1 Å². The van der Waals surface area contributed by atoms with Gasteiger partial charge in [0.1, 0.15) is 17.2 Å². The third-order valence-electron chi connectivity index (χ3n) is 6.57. The molecule has 5 rings (SSSR count). The number of carbonyl (C=O) groups is 1. The summed E-state index contributed by atoms with van der Waals surface area (Å²) in [5.74, 6) is -1.45. The molecule has 1 fully saturated rings. The van der Waals surface area contributed by atoms with Crippen molar-refractivity contribution in [2.24, 2.45) is 0 Å². The van der Waals surface area contributed by atoms with Crippen molar-refractivity contribution in [3.8, 4) is 11.1 Å². The molecule has 4 aromatic rings. The molecule has 8 nitrogen and oxygen atoms in total. The van der Waals surface area contributed by atoms with Crippen LogP contribution in [0.15, 0.2) is 53.3 Å². The summed E-state index contributed by atoms with van der Waals surface area (Å²) >= 11 is 0. The van der Waals surface area contributed by atoms with E-state index in [0.29, 0.717) is 60.7 Å². The summed E-state index contributed by atoms with van der Waals surface area (Å²) in [6.07, 6.45) is 0. The summed E-state index contributed by atoms with van der Waals surface area (Å²) in [6.45, 7) is 4.75. The second-order valence-electron chi connectivity index (χ2n) is 9.05. The van der Waals surface area contributed by atoms with Crippen LogP contribution in [0.2, 0.25) is 0 Å². The van der Waals surface area contributed by atoms with Crippen LogP contribution in [-0.4, -0.2) is 59.0 Å². The number of aromatic amines is 1. The number of fused-ring (bicyclic) bond motifs is 1. The molecule has 2 aromatic heterocycles. The number of nitrogens with one attached hydrogen (secondary N) is 2. The zero-order valence-corrected chi connectivity index (χ0v) is 20.5. The maximum absolute atomic E-state index is 14.6. The molecule has 37 heavy (non-hydrogen) atoms. The van der Waals surface area contributed by atoms with Crippen LogP contribution in [0.1, 0.15) is 21.7 Å². The summed E-state index contributed by atoms with van der Waals surface area (Å²) in [6, 6.07) is 13.3. The molecule has 190 valence electrons. The topological polar surface area (TPSA) is 94.2 Å². The second-order valence-corrected chi connectivity index (χ2v) is 9.05. The lowest BCUT2D eigenvalue weighted by Gasteiger charge is -2.36. The van der Waals surface area contributed by atoms with E-state index in [1.54, 1.807) is 19.1 Å². The van der Waals surface area contributed by atoms with Gasteiger partial charge in [0.05, 0.1) is 16.7 Å². The van der Waals surface area contributed by atoms with Crippen molar-refractivity contribution < 1.29 is 13.6 Å². The Morgan fingerprint density at radius 2 is 1.84 bits per heavy atom. The fourth-order valence-electron chi connectivity index (χ4n) is 4.63. The molecule has 1 aliphatic rings. The van der Waals surface area contributed by atoms with Crippen LogP contribution in [0.4, 0.5) is 14.5 Å². The number of piperazine rings is 1. The SMILES string of the molecule is CNC(=O)c1ccc(N2CCN(Cc3cc(-c4cccc(F)c4)c4nc(C)c(=O)[nH]c4c3)CC2)c(F)n1. The molecule has 2 N–H and O–H groups in total. The molecule has 0 saturated carbocycles. The van der Waals surface area contributed by atoms with Gasteiger partial charge in [-0.3, -0.25) is 14.5 Å². The van der Waals surface area contributed by atoms with Gasteiger partial charge in [-0.2, -0.15) is 4.39 Å². The average molecular weight is 505 g/mol. The fourth-order valence-corrected chi connectivity index (χ4v) is 4.63. The molecule has 0 aliphatic carbocycles. The minimum Gasteiger partial charge on any atom is -0.365 e. The number of carbonyl (C=O) groups excluding carboxylic acids is 1. The number of aromatic nitrogens is 3. The first kappa shape index (κ1) is 24.5. The number of nitrogens with zero attached hydrogens (tertiary/aromatic N) is 4. The summed E-state index contributed by atoms with van der Waals surface area (Å²) in [7, 11) is 1.47. The highest BCUT2D eigenvalue weighted by Gasteiger charge is 2.22. The molecule has 3 heterocycles. The number of amides is 1. The lowest BCUT2D eigenvalue weighted by Crippen LogP contribution is -2.46. The highest BCUT2D eigenvalue weighted by Crippen LogP contribution is 2.29. The number of hydrogen-bond acceptors (Lipinski definition) is 6. The third-order valence-corrected chi connectivity index (χ3v) is 6.57. The monoisotopic (exact) mass is 504 g/mol. The van der Waals surface area contributed by atoms with Crippen molar-refractivity contribution in [1.82, 2.24) is 25.2 Å². The summed E-state index contributed by atoms with van der Waals surface area (Å²) in [4.78, 5) is 39.3. The summed E-state index contributed by atoms with van der Waals surface area (Å²) < 4.78 is 28.6. The number of H-pyrrole nitrogens is 1. The van der Waals surface area contributed by atoms with Gasteiger partial charge in [0.2, 0.25) is 5.95 Å². The van der Waals surface area contributed by atoms with Crippen molar-refractivity contribution in [1.29, 1.82) is 0 Å². The Morgan fingerprint density at radius 3 is 2.54 bits per heavy atom. The molecular formula is C27H26F2N6O2. The van der Waals surface area contributed by atoms with Crippen molar-refractivity contribution in [2.45, 2.75) is 13.5 Å². The van der Waals surface area contributed by atoms with Gasteiger partial charge in [-0.1, -0.05) is 12.1 Å². The van der Waals surface area contributed by atoms with Crippen LogP contribution < -0.4 is 15.8 Å². The molecule has 0 bridgehead atoms. The van der Waals surface area contributed by atoms with E-state index >= 15 is 0 Å². The van der Waals surface area contributed by atoms with Crippen LogP contribution in [-0.2, 0) is 6.54 Å². The molecule has 10 heteroatoms. The molecule has 0 unspecified atom stereocenters. The predicted molar refractivity (Wildman–Crippen MR) is 138 cm³/mol. The van der Waals surface area contributed by atoms with Gasteiger partial charge in [0.15, 0.2) is 0 Å². The first-order chi connectivity index (χ1) is 17.8. The van der Waals surface area contributed by atoms with Gasteiger partial charge in [0.25, 0.3) is 11.5 Å². The number of anilines is 1. The van der Waals surface area contributed by atoms with E-state index in [-0.39, 0.29) is 17.1 Å². The van der Waals surface area contributed by atoms with Gasteiger partial charge in [0, 0.05) is 45.3 Å². The van der Waals surface area contributed by atoms with E-state index in [1.807, 2.05) is 23.1 Å². The van der Waals surface area contributed by atoms with Gasteiger partial charge in [-0.25, -0.2) is 14.4 Å². The maximum Gasteiger partial charge on any atom is 0.269 e. The molecule has 0 spiro atoms. The van der Waals surface area contributed by atoms with Crippen molar-refractivity contribution >= 4 is 22.6 Å². The lowest BCUT2D eigenvalue weighted by molar-refractivity contribution is 0.0957. The Bertz CT molecular complexity index is 1550. The number of halogens is 2. The van der Waals surface area contributed by atoms with Gasteiger partial charge >= 0.3 is 0 Å². The molecule has 1 aliphatic heterocycles. The summed E-state index contributed by atoms with van der Waals surface area (Å²) in [5.41, 5.74) is 4.06. The van der Waals surface area contributed by atoms with Crippen LogP contribution >= 0.6 is 0 Å². The number of aryl methyl sites for hydroxylation is 1. The minimum absolute atomic E-state index is 0.0375. The minimum atomic E-state index is -0.671. The van der Waals surface area contributed by atoms with Crippen LogP contribution in [0.3, 0.4) is 0 Å². The van der Waals surface area contributed by atoms with Gasteiger partial charge in [-0.05, 0) is 54.4 Å². The highest BCUT2D eigenvalue weighted by atomic mass is 19.1. The molecular weight excluding hydrogens is 478 g/mol. The largest absolute Gasteiger partial charge is 0.365 e. The number of benzene rings is 2. The normalized spacial score (nSPS) is 14.2. The molecule has 1 amide bonds. The van der Waals surface area contributed by atoms with Gasteiger partial charge in [-0.15, -0.1) is 0 Å². The molecule has 2 aromatic carbocycles. The molecule has 1 saturated heterocycles. The Labute approximate surface area is 212 Å². The van der Waals surface area contributed by atoms with E-state index in [4.69, 9.17) is 0 Å². The zero-order chi connectivity index (χ0) is 26.1. The van der Waals surface area contributed by atoms with Crippen molar-refractivity contribution in [3.63, 3.8) is 0 Å². The fraction of sp³-hybridized carbons (Fsp3) is 0.259. The van der Waals surface area contributed by atoms with Crippen molar-refractivity contribution in [3.05, 3.63) is 87.6 Å². The first-order valence-corrected chi connectivity index (χ1v) is 12.0. The number of rotatable bonds is 5. The lowest BCUT2D eigenvalue weighted by atomic mass is 10.00. The predicted octanol–water partition coefficient (Wildman–Crippen LogP) is 3.25. The van der Waals surface area contributed by atoms with E-state index in [0.717, 1.165) is 11.1 Å². The van der Waals surface area contributed by atoms with Crippen LogP contribution in [0, 0.1) is 18.7 Å². The Morgan fingerprint density at radius 1 is 1.05 bits per heavy atom. The van der Waals surface area contributed by atoms with Gasteiger partial charge < -0.3 is 15.2 Å². The third kappa shape index (κ3) is 5.05. The van der Waals surface area contributed by atoms with E-state index in [2.05, 4.69) is 25.2 Å².